The van der Waals surface area contributed by atoms with Crippen LogP contribution in [0.1, 0.15) is 71.6 Å². The fraction of sp³-hybridized carbons (Fsp3) is 0.810. The first-order chi connectivity index (χ1) is 12.9. The molecule has 1 N–H and O–H groups in total. The van der Waals surface area contributed by atoms with E-state index in [1.807, 2.05) is 7.05 Å². The quantitative estimate of drug-likeness (QED) is 0.320. The van der Waals surface area contributed by atoms with Crippen molar-refractivity contribution in [1.82, 2.24) is 10.2 Å². The van der Waals surface area contributed by atoms with E-state index in [2.05, 4.69) is 37.9 Å². The lowest BCUT2D eigenvalue weighted by Crippen LogP contribution is -2.35. The molecule has 6 heteroatoms. The van der Waals surface area contributed by atoms with Crippen LogP contribution in [-0.2, 0) is 14.3 Å². The zero-order valence-electron chi connectivity index (χ0n) is 17.6. The van der Waals surface area contributed by atoms with E-state index < -0.39 is 12.2 Å². The third-order valence-electron chi connectivity index (χ3n) is 4.42. The maximum Gasteiger partial charge on any atom is 0.407 e. The Kier molecular flexibility index (Phi) is 16.0. The zero-order valence-corrected chi connectivity index (χ0v) is 17.6. The number of unbranched alkanes of at least 4 members (excludes halogenated alkanes) is 5. The second-order valence-electron chi connectivity index (χ2n) is 7.06. The Bertz CT molecular complexity index is 388. The van der Waals surface area contributed by atoms with Crippen LogP contribution >= 0.6 is 0 Å². The molecule has 1 atom stereocenters. The second-order valence-corrected chi connectivity index (χ2v) is 7.06. The molecule has 27 heavy (non-hydrogen) atoms. The second kappa shape index (κ2) is 16.8. The maximum absolute atomic E-state index is 12.0. The van der Waals surface area contributed by atoms with Gasteiger partial charge in [0.1, 0.15) is 12.2 Å². The van der Waals surface area contributed by atoms with Crippen molar-refractivity contribution in [3.05, 3.63) is 13.8 Å². The van der Waals surface area contributed by atoms with Crippen LogP contribution in [-0.4, -0.2) is 55.9 Å². The number of hydrogen-bond donors (Lipinski definition) is 1. The molecule has 2 radical (unpaired) electrons. The molecule has 0 heterocycles. The standard InChI is InChI=1S/C21H40N2O4/c1-6-8-9-10-11-12-13-19(14-15-20(24)26-18(3)4)27-21(25)22-16-17-23(5)7-2/h18-19H,3-4,6-17H2,1-2,5H3,(H,22,25)/t19-/m0/s1. The van der Waals surface area contributed by atoms with Gasteiger partial charge in [-0.1, -0.05) is 46.0 Å². The molecule has 0 saturated carbocycles. The summed E-state index contributed by atoms with van der Waals surface area (Å²) in [6.45, 7) is 13.6. The van der Waals surface area contributed by atoms with E-state index >= 15 is 0 Å². The lowest BCUT2D eigenvalue weighted by Gasteiger charge is -2.19. The highest BCUT2D eigenvalue weighted by Crippen LogP contribution is 2.15. The van der Waals surface area contributed by atoms with Crippen LogP contribution in [0.5, 0.6) is 0 Å². The van der Waals surface area contributed by atoms with E-state index in [-0.39, 0.29) is 18.5 Å². The van der Waals surface area contributed by atoms with Gasteiger partial charge in [0.2, 0.25) is 0 Å². The number of nitrogens with zero attached hydrogens (tertiary/aromatic N) is 1. The minimum Gasteiger partial charge on any atom is -0.462 e. The molecule has 0 rings (SSSR count). The van der Waals surface area contributed by atoms with E-state index in [9.17, 15) is 9.59 Å². The van der Waals surface area contributed by atoms with Crippen molar-refractivity contribution in [3.63, 3.8) is 0 Å². The topological polar surface area (TPSA) is 67.9 Å². The van der Waals surface area contributed by atoms with Crippen LogP contribution < -0.4 is 5.32 Å². The lowest BCUT2D eigenvalue weighted by atomic mass is 10.0. The number of hydrogen-bond acceptors (Lipinski definition) is 5. The average Bonchev–Trinajstić information content (AvgIpc) is 2.61. The van der Waals surface area contributed by atoms with Gasteiger partial charge in [-0.3, -0.25) is 4.79 Å². The van der Waals surface area contributed by atoms with E-state index in [4.69, 9.17) is 9.47 Å². The van der Waals surface area contributed by atoms with E-state index in [0.717, 1.165) is 32.4 Å². The molecule has 0 aliphatic carbocycles. The highest BCUT2D eigenvalue weighted by atomic mass is 16.6. The van der Waals surface area contributed by atoms with E-state index in [0.29, 0.717) is 13.0 Å². The van der Waals surface area contributed by atoms with Gasteiger partial charge < -0.3 is 19.7 Å². The number of carbonyl (C=O) groups is 2. The molecule has 0 aliphatic rings. The smallest absolute Gasteiger partial charge is 0.407 e. The van der Waals surface area contributed by atoms with Crippen molar-refractivity contribution in [2.75, 3.05) is 26.7 Å². The number of amides is 1. The van der Waals surface area contributed by atoms with Crippen LogP contribution in [0, 0.1) is 13.8 Å². The summed E-state index contributed by atoms with van der Waals surface area (Å²) in [5.41, 5.74) is 0. The molecule has 0 fully saturated rings. The molecule has 1 amide bonds. The highest BCUT2D eigenvalue weighted by Gasteiger charge is 2.17. The van der Waals surface area contributed by atoms with Crippen molar-refractivity contribution in [3.8, 4) is 0 Å². The van der Waals surface area contributed by atoms with Gasteiger partial charge in [-0.2, -0.15) is 0 Å². The number of ether oxygens (including phenoxy) is 2. The summed E-state index contributed by atoms with van der Waals surface area (Å²) < 4.78 is 10.5. The molecular weight excluding hydrogens is 344 g/mol. The number of esters is 1. The van der Waals surface area contributed by atoms with Gasteiger partial charge in [0.15, 0.2) is 0 Å². The monoisotopic (exact) mass is 384 g/mol. The first-order valence-corrected chi connectivity index (χ1v) is 10.4. The highest BCUT2D eigenvalue weighted by molar-refractivity contribution is 5.70. The largest absolute Gasteiger partial charge is 0.462 e. The zero-order chi connectivity index (χ0) is 20.5. The molecule has 0 unspecified atom stereocenters. The van der Waals surface area contributed by atoms with Crippen molar-refractivity contribution in [2.24, 2.45) is 0 Å². The summed E-state index contributed by atoms with van der Waals surface area (Å²) >= 11 is 0. The Morgan fingerprint density at radius 1 is 1.00 bits per heavy atom. The molecule has 0 spiro atoms. The molecular formula is C21H40N2O4. The summed E-state index contributed by atoms with van der Waals surface area (Å²) in [6, 6.07) is 0. The van der Waals surface area contributed by atoms with Crippen LogP contribution in [0.25, 0.3) is 0 Å². The van der Waals surface area contributed by atoms with E-state index in [1.54, 1.807) is 0 Å². The summed E-state index contributed by atoms with van der Waals surface area (Å²) in [4.78, 5) is 25.8. The van der Waals surface area contributed by atoms with Crippen molar-refractivity contribution < 1.29 is 19.1 Å². The third kappa shape index (κ3) is 16.6. The molecule has 0 bridgehead atoms. The minimum atomic E-state index is -0.616. The summed E-state index contributed by atoms with van der Waals surface area (Å²) in [5.74, 6) is -0.355. The molecule has 0 saturated heterocycles. The van der Waals surface area contributed by atoms with Gasteiger partial charge in [0.05, 0.1) is 0 Å². The minimum absolute atomic E-state index is 0.202. The predicted molar refractivity (Wildman–Crippen MR) is 109 cm³/mol. The number of alkyl carbamates (subject to hydrolysis) is 1. The summed E-state index contributed by atoms with van der Waals surface area (Å²) in [7, 11) is 2.00. The SMILES string of the molecule is [CH2]C([CH2])OC(=O)CC[C@H](CCCCCCCC)OC(=O)NCCN(C)CC. The van der Waals surface area contributed by atoms with Crippen molar-refractivity contribution in [1.29, 1.82) is 0 Å². The van der Waals surface area contributed by atoms with Crippen molar-refractivity contribution >= 4 is 12.1 Å². The van der Waals surface area contributed by atoms with Crippen LogP contribution in [0.3, 0.4) is 0 Å². The van der Waals surface area contributed by atoms with Crippen molar-refractivity contribution in [2.45, 2.75) is 83.8 Å². The molecule has 0 aliphatic heterocycles. The fourth-order valence-electron chi connectivity index (χ4n) is 2.64. The number of carbonyl (C=O) groups excluding carboxylic acids is 2. The summed E-state index contributed by atoms with van der Waals surface area (Å²) in [5, 5.41) is 2.78. The first kappa shape index (κ1) is 25.7. The normalized spacial score (nSPS) is 12.3. The number of nitrogens with one attached hydrogen (secondary N) is 1. The predicted octanol–water partition coefficient (Wildman–Crippen LogP) is 4.14. The van der Waals surface area contributed by atoms with Crippen LogP contribution in [0.2, 0.25) is 0 Å². The molecule has 6 nitrogen and oxygen atoms in total. The van der Waals surface area contributed by atoms with E-state index in [1.165, 1.54) is 25.7 Å². The molecule has 0 aromatic heterocycles. The lowest BCUT2D eigenvalue weighted by molar-refractivity contribution is -0.146. The fourth-order valence-corrected chi connectivity index (χ4v) is 2.64. The van der Waals surface area contributed by atoms with Gasteiger partial charge in [0, 0.05) is 19.5 Å². The van der Waals surface area contributed by atoms with Crippen LogP contribution in [0.15, 0.2) is 0 Å². The van der Waals surface area contributed by atoms with Crippen LogP contribution in [0.4, 0.5) is 4.79 Å². The Labute approximate surface area is 166 Å². The molecule has 0 aromatic rings. The Balaban J connectivity index is 4.27. The third-order valence-corrected chi connectivity index (χ3v) is 4.42. The molecule has 0 aromatic carbocycles. The van der Waals surface area contributed by atoms with Gasteiger partial charge in [0.25, 0.3) is 0 Å². The van der Waals surface area contributed by atoms with Gasteiger partial charge in [-0.15, -0.1) is 0 Å². The summed E-state index contributed by atoms with van der Waals surface area (Å²) in [6.07, 6.45) is 7.15. The maximum atomic E-state index is 12.0. The average molecular weight is 385 g/mol. The van der Waals surface area contributed by atoms with Gasteiger partial charge >= 0.3 is 12.1 Å². The molecule has 158 valence electrons. The van der Waals surface area contributed by atoms with Gasteiger partial charge in [-0.25, -0.2) is 4.79 Å². The number of likely N-dealkylation sites (N-methyl/N-ethyl adjacent to an activating group) is 1. The Morgan fingerprint density at radius 3 is 2.30 bits per heavy atom. The Morgan fingerprint density at radius 2 is 1.67 bits per heavy atom. The number of rotatable bonds is 16. The van der Waals surface area contributed by atoms with Gasteiger partial charge in [-0.05, 0) is 46.7 Å². The Hall–Kier alpha value is -1.30. The first-order valence-electron chi connectivity index (χ1n) is 10.4.